The summed E-state index contributed by atoms with van der Waals surface area (Å²) in [5.41, 5.74) is 0.541. The number of carbonyl (C=O) groups excluding carboxylic acids is 1. The van der Waals surface area contributed by atoms with Gasteiger partial charge in [-0.2, -0.15) is 5.10 Å². The molecule has 0 radical (unpaired) electrons. The van der Waals surface area contributed by atoms with E-state index in [4.69, 9.17) is 4.74 Å². The van der Waals surface area contributed by atoms with Gasteiger partial charge in [-0.15, -0.1) is 11.3 Å². The highest BCUT2D eigenvalue weighted by atomic mass is 79.9. The predicted octanol–water partition coefficient (Wildman–Crippen LogP) is 3.74. The highest BCUT2D eigenvalue weighted by Crippen LogP contribution is 2.24. The Morgan fingerprint density at radius 1 is 1.42 bits per heavy atom. The van der Waals surface area contributed by atoms with Gasteiger partial charge in [0, 0.05) is 28.3 Å². The zero-order chi connectivity index (χ0) is 16.9. The second-order valence-electron chi connectivity index (χ2n) is 5.07. The molecule has 1 N–H and O–H groups in total. The van der Waals surface area contributed by atoms with Crippen LogP contribution in [0, 0.1) is 0 Å². The molecule has 0 fully saturated rings. The van der Waals surface area contributed by atoms with E-state index in [1.165, 1.54) is 0 Å². The molecule has 0 saturated carbocycles. The average molecular weight is 406 g/mol. The Morgan fingerprint density at radius 2 is 2.29 bits per heavy atom. The van der Waals surface area contributed by atoms with E-state index in [1.54, 1.807) is 42.8 Å². The van der Waals surface area contributed by atoms with Gasteiger partial charge in [-0.1, -0.05) is 6.07 Å². The molecule has 0 bridgehead atoms. The monoisotopic (exact) mass is 405 g/mol. The Kier molecular flexibility index (Phi) is 5.32. The van der Waals surface area contributed by atoms with E-state index in [9.17, 15) is 4.79 Å². The third-order valence-corrected chi connectivity index (χ3v) is 5.25. The minimum Gasteiger partial charge on any atom is -0.497 e. The maximum Gasteiger partial charge on any atom is 0.252 e. The van der Waals surface area contributed by atoms with Crippen molar-refractivity contribution in [2.75, 3.05) is 13.7 Å². The first-order valence-electron chi connectivity index (χ1n) is 7.33. The molecule has 1 amide bonds. The zero-order valence-electron chi connectivity index (χ0n) is 13.0. The lowest BCUT2D eigenvalue weighted by molar-refractivity contribution is 0.0948. The summed E-state index contributed by atoms with van der Waals surface area (Å²) in [7, 11) is 1.58. The van der Waals surface area contributed by atoms with Gasteiger partial charge in [-0.05, 0) is 51.6 Å². The molecule has 0 saturated heterocycles. The summed E-state index contributed by atoms with van der Waals surface area (Å²) in [5, 5.41) is 9.32. The lowest BCUT2D eigenvalue weighted by Crippen LogP contribution is -2.31. The number of hydrogen-bond donors (Lipinski definition) is 1. The second kappa shape index (κ2) is 7.63. The lowest BCUT2D eigenvalue weighted by Gasteiger charge is -2.17. The van der Waals surface area contributed by atoms with Crippen molar-refractivity contribution < 1.29 is 9.53 Å². The minimum atomic E-state index is -0.158. The summed E-state index contributed by atoms with van der Waals surface area (Å²) >= 11 is 5.06. The van der Waals surface area contributed by atoms with Crippen molar-refractivity contribution in [3.8, 4) is 5.75 Å². The van der Waals surface area contributed by atoms with Gasteiger partial charge in [0.25, 0.3) is 5.91 Å². The van der Waals surface area contributed by atoms with Crippen LogP contribution >= 0.6 is 27.3 Å². The molecule has 0 aliphatic rings. The molecular formula is C17H16BrN3O2S. The molecule has 7 heteroatoms. The SMILES string of the molecule is COc1ccc(Br)c(C(=O)NCC(c2cccs2)n2cccn2)c1. The molecule has 1 aromatic carbocycles. The van der Waals surface area contributed by atoms with Gasteiger partial charge in [-0.3, -0.25) is 9.48 Å². The summed E-state index contributed by atoms with van der Waals surface area (Å²) < 4.78 is 7.77. The highest BCUT2D eigenvalue weighted by Gasteiger charge is 2.18. The van der Waals surface area contributed by atoms with Gasteiger partial charge in [0.05, 0.1) is 12.7 Å². The maximum atomic E-state index is 12.6. The molecule has 124 valence electrons. The summed E-state index contributed by atoms with van der Waals surface area (Å²) in [6.07, 6.45) is 3.64. The summed E-state index contributed by atoms with van der Waals surface area (Å²) in [4.78, 5) is 13.7. The molecule has 0 spiro atoms. The van der Waals surface area contributed by atoms with E-state index < -0.39 is 0 Å². The lowest BCUT2D eigenvalue weighted by atomic mass is 10.2. The highest BCUT2D eigenvalue weighted by molar-refractivity contribution is 9.10. The van der Waals surface area contributed by atoms with Crippen molar-refractivity contribution in [3.05, 3.63) is 69.1 Å². The quantitative estimate of drug-likeness (QED) is 0.679. The fraction of sp³-hybridized carbons (Fsp3) is 0.176. The number of halogens is 1. The Bertz CT molecular complexity index is 769. The minimum absolute atomic E-state index is 0.0340. The van der Waals surface area contributed by atoms with Crippen LogP contribution in [-0.2, 0) is 0 Å². The summed E-state index contributed by atoms with van der Waals surface area (Å²) in [6.45, 7) is 0.449. The molecule has 1 unspecified atom stereocenters. The number of hydrogen-bond acceptors (Lipinski definition) is 4. The van der Waals surface area contributed by atoms with Crippen LogP contribution in [0.3, 0.4) is 0 Å². The Morgan fingerprint density at radius 3 is 2.96 bits per heavy atom. The topological polar surface area (TPSA) is 56.1 Å². The average Bonchev–Trinajstić information content (AvgIpc) is 3.29. The van der Waals surface area contributed by atoms with Crippen LogP contribution in [0.4, 0.5) is 0 Å². The zero-order valence-corrected chi connectivity index (χ0v) is 15.4. The fourth-order valence-corrected chi connectivity index (χ4v) is 3.61. The standard InChI is InChI=1S/C17H16BrN3O2S/c1-23-12-5-6-14(18)13(10-12)17(22)19-11-15(16-4-2-9-24-16)21-8-3-7-20-21/h2-10,15H,11H2,1H3,(H,19,22). The van der Waals surface area contributed by atoms with E-state index in [1.807, 2.05) is 34.5 Å². The Labute approximate surface area is 152 Å². The van der Waals surface area contributed by atoms with Crippen molar-refractivity contribution >= 4 is 33.2 Å². The van der Waals surface area contributed by atoms with Crippen molar-refractivity contribution in [1.29, 1.82) is 0 Å². The molecular weight excluding hydrogens is 390 g/mol. The number of methoxy groups -OCH3 is 1. The van der Waals surface area contributed by atoms with Crippen molar-refractivity contribution in [2.24, 2.45) is 0 Å². The predicted molar refractivity (Wildman–Crippen MR) is 97.7 cm³/mol. The number of rotatable bonds is 6. The van der Waals surface area contributed by atoms with Crippen molar-refractivity contribution in [3.63, 3.8) is 0 Å². The van der Waals surface area contributed by atoms with E-state index in [0.29, 0.717) is 17.9 Å². The van der Waals surface area contributed by atoms with Gasteiger partial charge in [0.1, 0.15) is 11.8 Å². The number of ether oxygens (including phenoxy) is 1. The molecule has 5 nitrogen and oxygen atoms in total. The van der Waals surface area contributed by atoms with Crippen molar-refractivity contribution in [2.45, 2.75) is 6.04 Å². The maximum absolute atomic E-state index is 12.6. The molecule has 1 atom stereocenters. The van der Waals surface area contributed by atoms with Gasteiger partial charge < -0.3 is 10.1 Å². The number of amides is 1. The van der Waals surface area contributed by atoms with Crippen LogP contribution in [-0.4, -0.2) is 29.3 Å². The normalized spacial score (nSPS) is 11.9. The van der Waals surface area contributed by atoms with Crippen LogP contribution in [0.5, 0.6) is 5.75 Å². The Balaban J connectivity index is 1.77. The second-order valence-corrected chi connectivity index (χ2v) is 6.91. The van der Waals surface area contributed by atoms with Crippen LogP contribution in [0.2, 0.25) is 0 Å². The summed E-state index contributed by atoms with van der Waals surface area (Å²) in [5.74, 6) is 0.486. The fourth-order valence-electron chi connectivity index (χ4n) is 2.36. The third-order valence-electron chi connectivity index (χ3n) is 3.59. The van der Waals surface area contributed by atoms with E-state index in [0.717, 1.165) is 9.35 Å². The van der Waals surface area contributed by atoms with Crippen molar-refractivity contribution in [1.82, 2.24) is 15.1 Å². The number of nitrogens with zero attached hydrogens (tertiary/aromatic N) is 2. The molecule has 0 aliphatic heterocycles. The van der Waals surface area contributed by atoms with E-state index in [2.05, 4.69) is 26.3 Å². The van der Waals surface area contributed by atoms with Crippen LogP contribution in [0.25, 0.3) is 0 Å². The van der Waals surface area contributed by atoms with Gasteiger partial charge in [-0.25, -0.2) is 0 Å². The number of carbonyl (C=O) groups is 1. The summed E-state index contributed by atoms with van der Waals surface area (Å²) in [6, 6.07) is 11.2. The molecule has 3 aromatic rings. The number of thiophene rings is 1. The molecule has 2 heterocycles. The first kappa shape index (κ1) is 16.7. The third kappa shape index (κ3) is 3.68. The van der Waals surface area contributed by atoms with Gasteiger partial charge >= 0.3 is 0 Å². The molecule has 24 heavy (non-hydrogen) atoms. The van der Waals surface area contributed by atoms with E-state index >= 15 is 0 Å². The van der Waals surface area contributed by atoms with E-state index in [-0.39, 0.29) is 11.9 Å². The smallest absolute Gasteiger partial charge is 0.252 e. The van der Waals surface area contributed by atoms with Crippen LogP contribution in [0.15, 0.2) is 58.6 Å². The van der Waals surface area contributed by atoms with Gasteiger partial charge in [0.2, 0.25) is 0 Å². The molecule has 0 aliphatic carbocycles. The van der Waals surface area contributed by atoms with Gasteiger partial charge in [0.15, 0.2) is 0 Å². The number of benzene rings is 1. The van der Waals surface area contributed by atoms with Crippen LogP contribution in [0.1, 0.15) is 21.3 Å². The largest absolute Gasteiger partial charge is 0.497 e. The number of nitrogens with one attached hydrogen (secondary N) is 1. The van der Waals surface area contributed by atoms with Crippen LogP contribution < -0.4 is 10.1 Å². The first-order valence-corrected chi connectivity index (χ1v) is 9.00. The molecule has 3 rings (SSSR count). The number of aromatic nitrogens is 2. The molecule has 2 aromatic heterocycles. The Hall–Kier alpha value is -2.12. The first-order chi connectivity index (χ1) is 11.7.